The van der Waals surface area contributed by atoms with Crippen molar-refractivity contribution >= 4 is 11.8 Å². The number of aliphatic imine (C=N–C) groups is 1. The van der Waals surface area contributed by atoms with Crippen LogP contribution in [-0.2, 0) is 16.1 Å². The van der Waals surface area contributed by atoms with Crippen LogP contribution in [0.5, 0.6) is 5.88 Å². The molecule has 2 unspecified atom stereocenters. The summed E-state index contributed by atoms with van der Waals surface area (Å²) in [4.78, 5) is 17.3. The van der Waals surface area contributed by atoms with Gasteiger partial charge < -0.3 is 19.9 Å². The number of pyridine rings is 1. The lowest BCUT2D eigenvalue weighted by Gasteiger charge is -2.20. The Hall–Kier alpha value is -4.28. The van der Waals surface area contributed by atoms with Crippen LogP contribution in [0.3, 0.4) is 0 Å². The molecule has 3 aromatic rings. The summed E-state index contributed by atoms with van der Waals surface area (Å²) in [6, 6.07) is 12.1. The first-order valence-electron chi connectivity index (χ1n) is 13.7. The Bertz CT molecular complexity index is 1390. The fourth-order valence-corrected chi connectivity index (χ4v) is 4.45. The number of aromatic nitrogens is 3. The fraction of sp³-hybridized carbons (Fsp3) is 0.355. The van der Waals surface area contributed by atoms with Gasteiger partial charge in [-0.05, 0) is 78.6 Å². The van der Waals surface area contributed by atoms with E-state index in [0.29, 0.717) is 36.7 Å². The molecule has 1 aromatic carbocycles. The summed E-state index contributed by atoms with van der Waals surface area (Å²) >= 11 is 0. The Labute approximate surface area is 242 Å². The number of nitrogens with two attached hydrogens (primary N) is 1. The summed E-state index contributed by atoms with van der Waals surface area (Å²) in [5.74, 6) is 2.28. The maximum absolute atomic E-state index is 6.07. The number of hydrogen-bond acceptors (Lipinski definition) is 10. The van der Waals surface area contributed by atoms with Crippen LogP contribution < -0.4 is 20.9 Å². The predicted octanol–water partition coefficient (Wildman–Crippen LogP) is 4.93. The minimum atomic E-state index is 0.173. The lowest BCUT2D eigenvalue weighted by Crippen LogP contribution is -2.39. The second-order valence-corrected chi connectivity index (χ2v) is 10.0. The summed E-state index contributed by atoms with van der Waals surface area (Å²) in [7, 11) is 3.42. The molecule has 3 N–H and O–H groups in total. The highest BCUT2D eigenvalue weighted by Gasteiger charge is 2.22. The van der Waals surface area contributed by atoms with Crippen LogP contribution in [0, 0.1) is 12.8 Å². The number of anilines is 1. The maximum Gasteiger partial charge on any atom is 0.218 e. The molecule has 1 aliphatic heterocycles. The van der Waals surface area contributed by atoms with E-state index < -0.39 is 0 Å². The zero-order chi connectivity index (χ0) is 29.2. The maximum atomic E-state index is 6.07. The van der Waals surface area contributed by atoms with E-state index in [9.17, 15) is 0 Å². The molecule has 10 nitrogen and oxygen atoms in total. The first-order chi connectivity index (χ1) is 19.9. The van der Waals surface area contributed by atoms with E-state index in [1.807, 2.05) is 18.2 Å². The van der Waals surface area contributed by atoms with Crippen LogP contribution in [0.1, 0.15) is 37.8 Å². The van der Waals surface area contributed by atoms with Crippen molar-refractivity contribution in [3.8, 4) is 17.0 Å². The molecule has 0 bridgehead atoms. The molecule has 0 fully saturated rings. The van der Waals surface area contributed by atoms with E-state index >= 15 is 0 Å². The number of nitrogens with one attached hydrogen (secondary N) is 1. The summed E-state index contributed by atoms with van der Waals surface area (Å²) < 4.78 is 16.8. The second kappa shape index (κ2) is 14.4. The number of hydrazine groups is 1. The molecule has 0 radical (unpaired) electrons. The Kier molecular flexibility index (Phi) is 10.4. The number of methoxy groups -OCH3 is 2. The molecule has 0 saturated heterocycles. The van der Waals surface area contributed by atoms with Gasteiger partial charge in [-0.15, -0.1) is 0 Å². The minimum Gasteiger partial charge on any atom is -0.473 e. The average molecular weight is 558 g/mol. The van der Waals surface area contributed by atoms with Crippen molar-refractivity contribution in [2.45, 2.75) is 46.3 Å². The highest BCUT2D eigenvalue weighted by atomic mass is 16.5. The van der Waals surface area contributed by atoms with Gasteiger partial charge in [0.1, 0.15) is 12.9 Å². The minimum absolute atomic E-state index is 0.173. The number of guanidine groups is 1. The Morgan fingerprint density at radius 2 is 1.90 bits per heavy atom. The molecule has 41 heavy (non-hydrogen) atoms. The number of allylic oxidation sites excluding steroid dienone is 2. The molecular weight excluding hydrogens is 518 g/mol. The van der Waals surface area contributed by atoms with Gasteiger partial charge in [-0.1, -0.05) is 31.2 Å². The molecule has 10 heteroatoms. The van der Waals surface area contributed by atoms with Gasteiger partial charge in [0, 0.05) is 32.7 Å². The van der Waals surface area contributed by atoms with E-state index in [4.69, 9.17) is 19.9 Å². The van der Waals surface area contributed by atoms with Gasteiger partial charge in [-0.2, -0.15) is 4.99 Å². The number of nitrogens with zero attached hydrogens (tertiary/aromatic N) is 5. The predicted molar refractivity (Wildman–Crippen MR) is 161 cm³/mol. The van der Waals surface area contributed by atoms with Crippen molar-refractivity contribution < 1.29 is 14.2 Å². The lowest BCUT2D eigenvalue weighted by atomic mass is 9.96. The van der Waals surface area contributed by atoms with Gasteiger partial charge in [0.25, 0.3) is 0 Å². The van der Waals surface area contributed by atoms with Gasteiger partial charge in [-0.3, -0.25) is 10.4 Å². The molecule has 2 aromatic heterocycles. The first kappa shape index (κ1) is 29.7. The highest BCUT2D eigenvalue weighted by Crippen LogP contribution is 2.27. The van der Waals surface area contributed by atoms with Gasteiger partial charge in [0.05, 0.1) is 12.7 Å². The molecule has 0 saturated carbocycles. The van der Waals surface area contributed by atoms with Gasteiger partial charge in [0.15, 0.2) is 11.6 Å². The monoisotopic (exact) mass is 557 g/mol. The molecule has 216 valence electrons. The van der Waals surface area contributed by atoms with Crippen molar-refractivity contribution in [3.05, 3.63) is 89.8 Å². The zero-order valence-corrected chi connectivity index (χ0v) is 24.4. The number of rotatable bonds is 13. The van der Waals surface area contributed by atoms with Crippen molar-refractivity contribution in [1.29, 1.82) is 0 Å². The third-order valence-electron chi connectivity index (χ3n) is 7.10. The van der Waals surface area contributed by atoms with Crippen LogP contribution in [0.15, 0.2) is 83.7 Å². The first-order valence-corrected chi connectivity index (χ1v) is 13.7. The number of aryl methyl sites for hydroxylation is 1. The smallest absolute Gasteiger partial charge is 0.218 e. The van der Waals surface area contributed by atoms with Crippen LogP contribution in [0.25, 0.3) is 11.1 Å². The molecule has 3 heterocycles. The zero-order valence-electron chi connectivity index (χ0n) is 24.4. The Morgan fingerprint density at radius 3 is 2.63 bits per heavy atom. The Morgan fingerprint density at radius 1 is 1.10 bits per heavy atom. The summed E-state index contributed by atoms with van der Waals surface area (Å²) in [6.45, 7) is 7.23. The van der Waals surface area contributed by atoms with Crippen molar-refractivity contribution in [3.63, 3.8) is 0 Å². The third-order valence-corrected chi connectivity index (χ3v) is 7.10. The average Bonchev–Trinajstić information content (AvgIpc) is 3.37. The van der Waals surface area contributed by atoms with Crippen LogP contribution >= 0.6 is 0 Å². The molecule has 0 aliphatic carbocycles. The van der Waals surface area contributed by atoms with Gasteiger partial charge >= 0.3 is 0 Å². The van der Waals surface area contributed by atoms with E-state index in [2.05, 4.69) is 70.4 Å². The van der Waals surface area contributed by atoms with E-state index in [0.717, 1.165) is 35.1 Å². The van der Waals surface area contributed by atoms with Crippen molar-refractivity contribution in [1.82, 2.24) is 20.4 Å². The Balaban J connectivity index is 1.47. The number of ether oxygens (including phenoxy) is 3. The van der Waals surface area contributed by atoms with E-state index in [1.54, 1.807) is 37.7 Å². The SMILES string of the molecule is COCC=C(C=C1N=C(N)NN1c1cc(OCc2ccc(-c3ccncc3)c(C)c2)ncn1)CCC(C)C(C)OC. The molecule has 0 amide bonds. The molecular formula is C31H39N7O3. The van der Waals surface area contributed by atoms with Gasteiger partial charge in [-0.25, -0.2) is 15.0 Å². The van der Waals surface area contributed by atoms with Crippen molar-refractivity contribution in [2.75, 3.05) is 25.8 Å². The number of hydrogen-bond donors (Lipinski definition) is 2. The normalized spacial score (nSPS) is 15.9. The van der Waals surface area contributed by atoms with Crippen LogP contribution in [0.4, 0.5) is 5.82 Å². The van der Waals surface area contributed by atoms with E-state index in [1.165, 1.54) is 11.9 Å². The summed E-state index contributed by atoms with van der Waals surface area (Å²) in [5.41, 5.74) is 14.7. The standard InChI is InChI=1S/C31H39N7O3/c1-21(23(3)40-5)6-7-24(12-15-39-4)17-29-36-31(32)37-38(29)28-18-30(35-20-34-28)41-19-25-8-9-27(22(2)16-25)26-10-13-33-14-11-26/h8-14,16-18,20-21,23H,6-7,15,19H2,1-5H3,(H3,32,36,37). The van der Waals surface area contributed by atoms with E-state index in [-0.39, 0.29) is 12.1 Å². The van der Waals surface area contributed by atoms with Crippen LogP contribution in [-0.4, -0.2) is 47.8 Å². The second-order valence-electron chi connectivity index (χ2n) is 10.0. The quantitative estimate of drug-likeness (QED) is 0.301. The third kappa shape index (κ3) is 8.12. The molecule has 1 aliphatic rings. The lowest BCUT2D eigenvalue weighted by molar-refractivity contribution is 0.0706. The number of benzene rings is 1. The highest BCUT2D eigenvalue weighted by molar-refractivity contribution is 5.85. The molecule has 0 spiro atoms. The molecule has 2 atom stereocenters. The topological polar surface area (TPSA) is 120 Å². The largest absolute Gasteiger partial charge is 0.473 e. The molecule has 4 rings (SSSR count). The van der Waals surface area contributed by atoms with Crippen molar-refractivity contribution in [2.24, 2.45) is 16.6 Å². The van der Waals surface area contributed by atoms with Gasteiger partial charge in [0.2, 0.25) is 11.8 Å². The fourth-order valence-electron chi connectivity index (χ4n) is 4.45. The summed E-state index contributed by atoms with van der Waals surface area (Å²) in [6.07, 6.45) is 11.1. The summed E-state index contributed by atoms with van der Waals surface area (Å²) in [5, 5.41) is 1.72. The van der Waals surface area contributed by atoms with Crippen LogP contribution in [0.2, 0.25) is 0 Å².